The van der Waals surface area contributed by atoms with Crippen LogP contribution in [0.15, 0.2) is 22.7 Å². The van der Waals surface area contributed by atoms with Gasteiger partial charge in [-0.1, -0.05) is 29.3 Å². The largest absolute Gasteiger partial charge is 0.399 e. The van der Waals surface area contributed by atoms with Gasteiger partial charge in [-0.05, 0) is 46.9 Å². The lowest BCUT2D eigenvalue weighted by molar-refractivity contribution is 0.126. The number of aromatic nitrogens is 4. The van der Waals surface area contributed by atoms with Gasteiger partial charge in [0.2, 0.25) is 0 Å². The van der Waals surface area contributed by atoms with Gasteiger partial charge >= 0.3 is 0 Å². The zero-order valence-electron chi connectivity index (χ0n) is 10.8. The Balaban J connectivity index is 1.94. The van der Waals surface area contributed by atoms with E-state index >= 15 is 0 Å². The van der Waals surface area contributed by atoms with Gasteiger partial charge in [0.15, 0.2) is 5.82 Å². The molecular formula is C13H16BrN5. The van der Waals surface area contributed by atoms with Gasteiger partial charge in [-0.3, -0.25) is 0 Å². The lowest BCUT2D eigenvalue weighted by atomic mass is 9.70. The Bertz CT molecular complexity index is 583. The first-order chi connectivity index (χ1) is 9.06. The number of nitrogens with two attached hydrogens (primary N) is 1. The van der Waals surface area contributed by atoms with E-state index in [0.29, 0.717) is 11.1 Å². The molecule has 0 radical (unpaired) electrons. The van der Waals surface area contributed by atoms with Crippen LogP contribution in [0.1, 0.15) is 26.2 Å². The standard InChI is InChI=1S/C13H16BrN5/c1-13(3-2-4-13)8-19-12(16-17-18-19)9-5-10(14)7-11(15)6-9/h5-7H,2-4,8,15H2,1H3. The van der Waals surface area contributed by atoms with E-state index in [4.69, 9.17) is 5.73 Å². The Morgan fingerprint density at radius 1 is 1.37 bits per heavy atom. The molecule has 0 saturated heterocycles. The highest BCUT2D eigenvalue weighted by atomic mass is 79.9. The fourth-order valence-corrected chi connectivity index (χ4v) is 3.07. The first-order valence-electron chi connectivity index (χ1n) is 6.38. The first kappa shape index (κ1) is 12.6. The highest BCUT2D eigenvalue weighted by Gasteiger charge is 2.33. The normalized spacial score (nSPS) is 17.2. The monoisotopic (exact) mass is 321 g/mol. The highest BCUT2D eigenvalue weighted by Crippen LogP contribution is 2.42. The number of nitrogen functional groups attached to an aromatic ring is 1. The molecule has 3 rings (SSSR count). The van der Waals surface area contributed by atoms with E-state index in [1.807, 2.05) is 22.9 Å². The van der Waals surface area contributed by atoms with Gasteiger partial charge < -0.3 is 5.73 Å². The molecule has 0 atom stereocenters. The van der Waals surface area contributed by atoms with Crippen LogP contribution in [-0.2, 0) is 6.54 Å². The SMILES string of the molecule is CC1(Cn2nnnc2-c2cc(N)cc(Br)c2)CCC1. The van der Waals surface area contributed by atoms with Gasteiger partial charge in [-0.25, -0.2) is 4.68 Å². The Kier molecular flexibility index (Phi) is 3.05. The molecule has 0 amide bonds. The van der Waals surface area contributed by atoms with Crippen LogP contribution in [0, 0.1) is 5.41 Å². The molecule has 100 valence electrons. The van der Waals surface area contributed by atoms with E-state index in [-0.39, 0.29) is 0 Å². The second-order valence-electron chi connectivity index (χ2n) is 5.60. The molecule has 0 aliphatic heterocycles. The second kappa shape index (κ2) is 4.59. The van der Waals surface area contributed by atoms with Gasteiger partial charge in [0.25, 0.3) is 0 Å². The molecule has 19 heavy (non-hydrogen) atoms. The quantitative estimate of drug-likeness (QED) is 0.882. The van der Waals surface area contributed by atoms with E-state index in [1.54, 1.807) is 0 Å². The predicted octanol–water partition coefficient (Wildman–Crippen LogP) is 2.88. The Morgan fingerprint density at radius 3 is 2.79 bits per heavy atom. The number of nitrogens with zero attached hydrogens (tertiary/aromatic N) is 4. The zero-order chi connectivity index (χ0) is 13.5. The van der Waals surface area contributed by atoms with E-state index in [2.05, 4.69) is 38.4 Å². The summed E-state index contributed by atoms with van der Waals surface area (Å²) in [4.78, 5) is 0. The minimum absolute atomic E-state index is 0.335. The number of rotatable bonds is 3. The summed E-state index contributed by atoms with van der Waals surface area (Å²) >= 11 is 3.45. The molecule has 0 bridgehead atoms. The molecule has 1 aliphatic rings. The van der Waals surface area contributed by atoms with Crippen LogP contribution in [-0.4, -0.2) is 20.2 Å². The minimum atomic E-state index is 0.335. The summed E-state index contributed by atoms with van der Waals surface area (Å²) in [5.74, 6) is 0.779. The number of hydrogen-bond donors (Lipinski definition) is 1. The van der Waals surface area contributed by atoms with Crippen molar-refractivity contribution in [2.75, 3.05) is 5.73 Å². The summed E-state index contributed by atoms with van der Waals surface area (Å²) in [7, 11) is 0. The van der Waals surface area contributed by atoms with Gasteiger partial charge in [-0.15, -0.1) is 5.10 Å². The van der Waals surface area contributed by atoms with E-state index in [1.165, 1.54) is 19.3 Å². The first-order valence-corrected chi connectivity index (χ1v) is 7.18. The molecule has 5 nitrogen and oxygen atoms in total. The van der Waals surface area contributed by atoms with E-state index in [9.17, 15) is 0 Å². The zero-order valence-corrected chi connectivity index (χ0v) is 12.4. The summed E-state index contributed by atoms with van der Waals surface area (Å²) in [5.41, 5.74) is 7.85. The number of hydrogen-bond acceptors (Lipinski definition) is 4. The second-order valence-corrected chi connectivity index (χ2v) is 6.51. The molecule has 1 aliphatic carbocycles. The highest BCUT2D eigenvalue weighted by molar-refractivity contribution is 9.10. The van der Waals surface area contributed by atoms with Gasteiger partial charge in [0, 0.05) is 15.7 Å². The third-order valence-corrected chi connectivity index (χ3v) is 4.26. The smallest absolute Gasteiger partial charge is 0.182 e. The van der Waals surface area contributed by atoms with Crippen molar-refractivity contribution in [1.29, 1.82) is 0 Å². The van der Waals surface area contributed by atoms with Crippen LogP contribution in [0.2, 0.25) is 0 Å². The maximum Gasteiger partial charge on any atom is 0.182 e. The fourth-order valence-electron chi connectivity index (χ4n) is 2.56. The average molecular weight is 322 g/mol. The number of anilines is 1. The van der Waals surface area contributed by atoms with Gasteiger partial charge in [0.1, 0.15) is 0 Å². The summed E-state index contributed by atoms with van der Waals surface area (Å²) in [6.45, 7) is 3.15. The van der Waals surface area contributed by atoms with Crippen LogP contribution in [0.4, 0.5) is 5.69 Å². The summed E-state index contributed by atoms with van der Waals surface area (Å²) in [6, 6.07) is 5.75. The van der Waals surface area contributed by atoms with Gasteiger partial charge in [-0.2, -0.15) is 0 Å². The van der Waals surface area contributed by atoms with Crippen molar-refractivity contribution in [2.24, 2.45) is 5.41 Å². The molecule has 0 unspecified atom stereocenters. The number of halogens is 1. The summed E-state index contributed by atoms with van der Waals surface area (Å²) < 4.78 is 2.83. The molecule has 1 aromatic carbocycles. The van der Waals surface area contributed by atoms with Crippen LogP contribution in [0.5, 0.6) is 0 Å². The average Bonchev–Trinajstić information content (AvgIpc) is 2.73. The molecule has 1 heterocycles. The lowest BCUT2D eigenvalue weighted by Crippen LogP contribution is -2.31. The lowest BCUT2D eigenvalue weighted by Gasteiger charge is -2.38. The summed E-state index contributed by atoms with van der Waals surface area (Å²) in [5, 5.41) is 12.1. The van der Waals surface area contributed by atoms with E-state index < -0.39 is 0 Å². The molecule has 1 fully saturated rings. The molecular weight excluding hydrogens is 306 g/mol. The number of tetrazole rings is 1. The third-order valence-electron chi connectivity index (χ3n) is 3.80. The van der Waals surface area contributed by atoms with Crippen LogP contribution in [0.3, 0.4) is 0 Å². The maximum absolute atomic E-state index is 5.87. The van der Waals surface area contributed by atoms with Crippen molar-refractivity contribution >= 4 is 21.6 Å². The fraction of sp³-hybridized carbons (Fsp3) is 0.462. The van der Waals surface area contributed by atoms with Crippen molar-refractivity contribution < 1.29 is 0 Å². The molecule has 2 N–H and O–H groups in total. The molecule has 2 aromatic rings. The molecule has 0 spiro atoms. The predicted molar refractivity (Wildman–Crippen MR) is 77.3 cm³/mol. The van der Waals surface area contributed by atoms with Crippen molar-refractivity contribution in [3.05, 3.63) is 22.7 Å². The van der Waals surface area contributed by atoms with E-state index in [0.717, 1.165) is 22.4 Å². The van der Waals surface area contributed by atoms with Crippen LogP contribution in [0.25, 0.3) is 11.4 Å². The third kappa shape index (κ3) is 2.49. The molecule has 1 saturated carbocycles. The van der Waals surface area contributed by atoms with Gasteiger partial charge in [0.05, 0.1) is 6.54 Å². The summed E-state index contributed by atoms with van der Waals surface area (Å²) in [6.07, 6.45) is 3.79. The molecule has 1 aromatic heterocycles. The van der Waals surface area contributed by atoms with Crippen molar-refractivity contribution in [1.82, 2.24) is 20.2 Å². The maximum atomic E-state index is 5.87. The van der Waals surface area contributed by atoms with Crippen LogP contribution < -0.4 is 5.73 Å². The van der Waals surface area contributed by atoms with Crippen molar-refractivity contribution in [2.45, 2.75) is 32.7 Å². The minimum Gasteiger partial charge on any atom is -0.399 e. The van der Waals surface area contributed by atoms with Crippen LogP contribution >= 0.6 is 15.9 Å². The van der Waals surface area contributed by atoms with Crippen molar-refractivity contribution in [3.8, 4) is 11.4 Å². The Morgan fingerprint density at radius 2 is 2.16 bits per heavy atom. The Labute approximate surface area is 120 Å². The topological polar surface area (TPSA) is 69.6 Å². The Hall–Kier alpha value is -1.43. The molecule has 6 heteroatoms. The number of benzene rings is 1. The van der Waals surface area contributed by atoms with Crippen molar-refractivity contribution in [3.63, 3.8) is 0 Å².